The van der Waals surface area contributed by atoms with Crippen molar-refractivity contribution in [3.05, 3.63) is 51.3 Å². The van der Waals surface area contributed by atoms with Crippen molar-refractivity contribution in [2.75, 3.05) is 18.8 Å². The zero-order valence-electron chi connectivity index (χ0n) is 16.8. The van der Waals surface area contributed by atoms with Crippen molar-refractivity contribution >= 4 is 23.6 Å². The molecule has 1 aromatic carbocycles. The van der Waals surface area contributed by atoms with Crippen molar-refractivity contribution in [2.24, 2.45) is 5.10 Å². The molecule has 0 aliphatic carbocycles. The fourth-order valence-corrected chi connectivity index (χ4v) is 2.76. The molecule has 0 aliphatic rings. The molecule has 0 saturated carbocycles. The van der Waals surface area contributed by atoms with Gasteiger partial charge in [0.1, 0.15) is 0 Å². The van der Waals surface area contributed by atoms with E-state index < -0.39 is 10.8 Å². The predicted molar refractivity (Wildman–Crippen MR) is 108 cm³/mol. The Morgan fingerprint density at radius 2 is 2.10 bits per heavy atom. The summed E-state index contributed by atoms with van der Waals surface area (Å²) in [5.41, 5.74) is 8.58. The summed E-state index contributed by atoms with van der Waals surface area (Å²) in [7, 11) is 0. The Kier molecular flexibility index (Phi) is 6.61. The van der Waals surface area contributed by atoms with Gasteiger partial charge in [-0.2, -0.15) is 9.78 Å². The molecule has 0 unspecified atom stereocenters. The second-order valence-electron chi connectivity index (χ2n) is 6.25. The van der Waals surface area contributed by atoms with Crippen LogP contribution in [0.25, 0.3) is 5.82 Å². The average molecular weight is 428 g/mol. The fraction of sp³-hybridized carbons (Fsp3) is 0.294. The maximum absolute atomic E-state index is 12.7. The average Bonchev–Trinajstić information content (AvgIpc) is 3.37. The van der Waals surface area contributed by atoms with E-state index in [-0.39, 0.29) is 28.6 Å². The van der Waals surface area contributed by atoms with Crippen LogP contribution in [0.2, 0.25) is 0 Å². The number of hydrogen-bond donors (Lipinski definition) is 2. The van der Waals surface area contributed by atoms with Gasteiger partial charge in [0, 0.05) is 12.6 Å². The van der Waals surface area contributed by atoms with Gasteiger partial charge in [-0.1, -0.05) is 31.2 Å². The molecular formula is C17H20N10O4. The molecule has 0 aliphatic heterocycles. The summed E-state index contributed by atoms with van der Waals surface area (Å²) in [5.74, 6) is -0.553. The molecule has 3 N–H and O–H groups in total. The molecule has 14 heteroatoms. The first kappa shape index (κ1) is 21.5. The largest absolute Gasteiger partial charge is 0.378 e. The summed E-state index contributed by atoms with van der Waals surface area (Å²) in [6.07, 6.45) is 1.18. The molecule has 2 heterocycles. The molecular weight excluding hydrogens is 408 g/mol. The third-order valence-electron chi connectivity index (χ3n) is 4.45. The number of nitro groups is 1. The van der Waals surface area contributed by atoms with E-state index in [0.29, 0.717) is 25.3 Å². The standard InChI is InChI=1S/C17H20N10O4/c1-3-25(4-2)10-13-14(20-24-26(13)16-15(18)22-31-23-16)17(28)21-19-9-11-7-5-6-8-12(11)27(29)30/h5-9H,3-4,10H2,1-2H3,(H2,18,22)(H,21,28)/b19-9+. The Labute approximate surface area is 175 Å². The van der Waals surface area contributed by atoms with E-state index in [1.165, 1.54) is 29.1 Å². The van der Waals surface area contributed by atoms with Gasteiger partial charge in [-0.25, -0.2) is 10.1 Å². The SMILES string of the molecule is CCN(CC)Cc1c(C(=O)N/N=C/c2ccccc2[N+](=O)[O-])nnn1-c1nonc1N. The summed E-state index contributed by atoms with van der Waals surface area (Å²) in [4.78, 5) is 25.3. The maximum atomic E-state index is 12.7. The highest BCUT2D eigenvalue weighted by atomic mass is 16.6. The molecule has 0 atom stereocenters. The Balaban J connectivity index is 1.88. The van der Waals surface area contributed by atoms with Crippen LogP contribution in [0.1, 0.15) is 35.6 Å². The van der Waals surface area contributed by atoms with E-state index >= 15 is 0 Å². The number of carbonyl (C=O) groups is 1. The third kappa shape index (κ3) is 4.69. The number of nitrogens with one attached hydrogen (secondary N) is 1. The Morgan fingerprint density at radius 3 is 2.74 bits per heavy atom. The van der Waals surface area contributed by atoms with E-state index in [2.05, 4.69) is 35.8 Å². The van der Waals surface area contributed by atoms with Crippen molar-refractivity contribution in [3.63, 3.8) is 0 Å². The van der Waals surface area contributed by atoms with Crippen LogP contribution in [-0.2, 0) is 6.54 Å². The molecule has 2 aromatic heterocycles. The number of nitrogen functional groups attached to an aromatic ring is 1. The Morgan fingerprint density at radius 1 is 1.35 bits per heavy atom. The van der Waals surface area contributed by atoms with Crippen LogP contribution in [-0.4, -0.2) is 60.3 Å². The van der Waals surface area contributed by atoms with Crippen molar-refractivity contribution < 1.29 is 14.3 Å². The summed E-state index contributed by atoms with van der Waals surface area (Å²) in [6.45, 7) is 5.69. The first-order chi connectivity index (χ1) is 15.0. The lowest BCUT2D eigenvalue weighted by molar-refractivity contribution is -0.385. The first-order valence-corrected chi connectivity index (χ1v) is 9.28. The number of anilines is 1. The van der Waals surface area contributed by atoms with Crippen molar-refractivity contribution in [1.29, 1.82) is 0 Å². The van der Waals surface area contributed by atoms with Crippen LogP contribution < -0.4 is 11.2 Å². The van der Waals surface area contributed by atoms with Gasteiger partial charge in [0.2, 0.25) is 11.6 Å². The minimum atomic E-state index is -0.654. The van der Waals surface area contributed by atoms with Crippen molar-refractivity contribution in [3.8, 4) is 5.82 Å². The van der Waals surface area contributed by atoms with Crippen LogP contribution in [0.5, 0.6) is 0 Å². The summed E-state index contributed by atoms with van der Waals surface area (Å²) in [5, 5.41) is 30.0. The number of nitrogens with zero attached hydrogens (tertiary/aromatic N) is 8. The molecule has 0 saturated heterocycles. The number of rotatable bonds is 9. The van der Waals surface area contributed by atoms with E-state index in [1.54, 1.807) is 6.07 Å². The van der Waals surface area contributed by atoms with Gasteiger partial charge in [-0.05, 0) is 29.5 Å². The molecule has 3 rings (SSSR count). The number of benzene rings is 1. The normalized spacial score (nSPS) is 11.3. The van der Waals surface area contributed by atoms with Gasteiger partial charge in [0.05, 0.1) is 22.4 Å². The van der Waals surface area contributed by atoms with Gasteiger partial charge in [0.15, 0.2) is 5.69 Å². The predicted octanol–water partition coefficient (Wildman–Crippen LogP) is 0.746. The van der Waals surface area contributed by atoms with Crippen molar-refractivity contribution in [1.82, 2.24) is 35.6 Å². The van der Waals surface area contributed by atoms with Gasteiger partial charge in [-0.3, -0.25) is 19.8 Å². The van der Waals surface area contributed by atoms with Crippen LogP contribution >= 0.6 is 0 Å². The van der Waals surface area contributed by atoms with Gasteiger partial charge in [-0.15, -0.1) is 5.10 Å². The molecule has 0 bridgehead atoms. The zero-order valence-corrected chi connectivity index (χ0v) is 16.8. The topological polar surface area (TPSA) is 183 Å². The molecule has 14 nitrogen and oxygen atoms in total. The van der Waals surface area contributed by atoms with Crippen LogP contribution in [0.15, 0.2) is 34.0 Å². The third-order valence-corrected chi connectivity index (χ3v) is 4.45. The lowest BCUT2D eigenvalue weighted by atomic mass is 10.2. The lowest BCUT2D eigenvalue weighted by Crippen LogP contribution is -2.27. The number of amides is 1. The number of nitrogens with two attached hydrogens (primary N) is 1. The van der Waals surface area contributed by atoms with Crippen molar-refractivity contribution in [2.45, 2.75) is 20.4 Å². The molecule has 0 spiro atoms. The Bertz CT molecular complexity index is 1100. The number of carbonyl (C=O) groups excluding carboxylic acids is 1. The number of hydrazone groups is 1. The maximum Gasteiger partial charge on any atom is 0.293 e. The van der Waals surface area contributed by atoms with Crippen LogP contribution in [0, 0.1) is 10.1 Å². The number of aromatic nitrogens is 5. The minimum Gasteiger partial charge on any atom is -0.378 e. The van der Waals surface area contributed by atoms with Crippen LogP contribution in [0.3, 0.4) is 0 Å². The smallest absolute Gasteiger partial charge is 0.293 e. The lowest BCUT2D eigenvalue weighted by Gasteiger charge is -2.18. The quantitative estimate of drug-likeness (QED) is 0.280. The molecule has 31 heavy (non-hydrogen) atoms. The highest BCUT2D eigenvalue weighted by Crippen LogP contribution is 2.18. The van der Waals surface area contributed by atoms with E-state index in [9.17, 15) is 14.9 Å². The molecule has 1 amide bonds. The van der Waals surface area contributed by atoms with Gasteiger partial charge >= 0.3 is 0 Å². The molecule has 3 aromatic rings. The highest BCUT2D eigenvalue weighted by molar-refractivity contribution is 5.94. The summed E-state index contributed by atoms with van der Waals surface area (Å²) in [6, 6.07) is 6.01. The van der Waals surface area contributed by atoms with Gasteiger partial charge in [0.25, 0.3) is 11.6 Å². The zero-order chi connectivity index (χ0) is 22.4. The monoisotopic (exact) mass is 428 g/mol. The van der Waals surface area contributed by atoms with E-state index in [4.69, 9.17) is 5.73 Å². The highest BCUT2D eigenvalue weighted by Gasteiger charge is 2.25. The molecule has 162 valence electrons. The molecule has 0 fully saturated rings. The number of nitro benzene ring substituents is 1. The molecule has 0 radical (unpaired) electrons. The number of hydrogen-bond acceptors (Lipinski definition) is 11. The van der Waals surface area contributed by atoms with E-state index in [1.807, 2.05) is 18.7 Å². The summed E-state index contributed by atoms with van der Waals surface area (Å²) >= 11 is 0. The Hall–Kier alpha value is -4.20. The number of para-hydroxylation sites is 1. The summed E-state index contributed by atoms with van der Waals surface area (Å²) < 4.78 is 5.90. The van der Waals surface area contributed by atoms with E-state index in [0.717, 1.165) is 0 Å². The first-order valence-electron chi connectivity index (χ1n) is 9.28. The fourth-order valence-electron chi connectivity index (χ4n) is 2.76. The second kappa shape index (κ2) is 9.53. The second-order valence-corrected chi connectivity index (χ2v) is 6.25. The van der Waals surface area contributed by atoms with Crippen LogP contribution in [0.4, 0.5) is 11.5 Å². The minimum absolute atomic E-state index is 0.00555. The van der Waals surface area contributed by atoms with Gasteiger partial charge < -0.3 is 5.73 Å².